The molecule has 1 fully saturated rings. The number of halogens is 1. The quantitative estimate of drug-likeness (QED) is 0.314. The maximum absolute atomic E-state index is 12.9. The van der Waals surface area contributed by atoms with Crippen LogP contribution in [0.15, 0.2) is 60.8 Å². The number of benzene rings is 2. The molecular formula is C28H28ClN3OS. The fourth-order valence-electron chi connectivity index (χ4n) is 4.56. The van der Waals surface area contributed by atoms with Gasteiger partial charge in [-0.2, -0.15) is 0 Å². The molecule has 2 aromatic carbocycles. The minimum Gasteiger partial charge on any atom is -0.322 e. The van der Waals surface area contributed by atoms with Crippen LogP contribution in [0.4, 0.5) is 5.69 Å². The number of carbonyl (C=O) groups is 1. The number of aromatic nitrogens is 1. The van der Waals surface area contributed by atoms with Gasteiger partial charge in [0.1, 0.15) is 0 Å². The highest BCUT2D eigenvalue weighted by Crippen LogP contribution is 2.31. The zero-order valence-electron chi connectivity index (χ0n) is 19.3. The Morgan fingerprint density at radius 3 is 2.50 bits per heavy atom. The standard InChI is InChI=1S/C28H28ClN3OS/c1-19-14-23-15-20(18-32-12-4-2-3-5-13-32)17-30-25(23)16-24(19)31-28(33)22-8-6-21(7-9-22)26-10-11-27(29)34-26/h6-11,14-17H,2-5,12-13,18H2,1H3,(H,31,33). The van der Waals surface area contributed by atoms with Crippen LogP contribution in [0.25, 0.3) is 21.3 Å². The second-order valence-corrected chi connectivity index (χ2v) is 10.7. The van der Waals surface area contributed by atoms with Crippen LogP contribution in [0.1, 0.15) is 47.2 Å². The molecule has 6 heteroatoms. The molecule has 174 valence electrons. The summed E-state index contributed by atoms with van der Waals surface area (Å²) < 4.78 is 0.756. The molecule has 1 saturated heterocycles. The van der Waals surface area contributed by atoms with Crippen molar-refractivity contribution in [2.45, 2.75) is 39.2 Å². The molecule has 0 radical (unpaired) electrons. The number of fused-ring (bicyclic) bond motifs is 1. The van der Waals surface area contributed by atoms with E-state index >= 15 is 0 Å². The average molecular weight is 490 g/mol. The first-order valence-electron chi connectivity index (χ1n) is 11.8. The minimum atomic E-state index is -0.129. The van der Waals surface area contributed by atoms with E-state index in [4.69, 9.17) is 16.6 Å². The van der Waals surface area contributed by atoms with Gasteiger partial charge in [-0.1, -0.05) is 36.6 Å². The smallest absolute Gasteiger partial charge is 0.255 e. The number of pyridine rings is 1. The Balaban J connectivity index is 1.30. The molecule has 4 aromatic rings. The van der Waals surface area contributed by atoms with Gasteiger partial charge >= 0.3 is 0 Å². The van der Waals surface area contributed by atoms with E-state index in [2.05, 4.69) is 22.3 Å². The molecule has 4 nitrogen and oxygen atoms in total. The predicted molar refractivity (Wildman–Crippen MR) is 143 cm³/mol. The third kappa shape index (κ3) is 5.33. The lowest BCUT2D eigenvalue weighted by molar-refractivity contribution is 0.102. The van der Waals surface area contributed by atoms with Crippen LogP contribution in [0.5, 0.6) is 0 Å². The normalized spacial score (nSPS) is 14.8. The van der Waals surface area contributed by atoms with Crippen molar-refractivity contribution in [2.75, 3.05) is 18.4 Å². The van der Waals surface area contributed by atoms with Crippen molar-refractivity contribution in [3.05, 3.63) is 81.8 Å². The van der Waals surface area contributed by atoms with Gasteiger partial charge in [-0.05, 0) is 92.0 Å². The van der Waals surface area contributed by atoms with Crippen molar-refractivity contribution in [3.8, 4) is 10.4 Å². The van der Waals surface area contributed by atoms with Gasteiger partial charge in [0.05, 0.1) is 9.85 Å². The number of rotatable bonds is 5. The summed E-state index contributed by atoms with van der Waals surface area (Å²) >= 11 is 7.57. The summed E-state index contributed by atoms with van der Waals surface area (Å²) in [5.41, 5.74) is 5.63. The van der Waals surface area contributed by atoms with E-state index in [-0.39, 0.29) is 5.91 Å². The Morgan fingerprint density at radius 2 is 1.79 bits per heavy atom. The highest BCUT2D eigenvalue weighted by molar-refractivity contribution is 7.19. The van der Waals surface area contributed by atoms with Gasteiger partial charge in [0.25, 0.3) is 5.91 Å². The van der Waals surface area contributed by atoms with Gasteiger partial charge in [0, 0.05) is 34.3 Å². The first-order chi connectivity index (χ1) is 16.5. The summed E-state index contributed by atoms with van der Waals surface area (Å²) in [6, 6.07) is 17.8. The summed E-state index contributed by atoms with van der Waals surface area (Å²) in [5.74, 6) is -0.129. The van der Waals surface area contributed by atoms with Crippen LogP contribution < -0.4 is 5.32 Å². The number of amides is 1. The van der Waals surface area contributed by atoms with E-state index < -0.39 is 0 Å². The SMILES string of the molecule is Cc1cc2cc(CN3CCCCCC3)cnc2cc1NC(=O)c1ccc(-c2ccc(Cl)s2)cc1. The first kappa shape index (κ1) is 23.0. The zero-order chi connectivity index (χ0) is 23.5. The number of anilines is 1. The van der Waals surface area contributed by atoms with Gasteiger partial charge in [0.2, 0.25) is 0 Å². The third-order valence-corrected chi connectivity index (χ3v) is 7.72. The molecule has 0 saturated carbocycles. The Bertz CT molecular complexity index is 1310. The van der Waals surface area contributed by atoms with Crippen molar-refractivity contribution in [1.82, 2.24) is 9.88 Å². The Morgan fingerprint density at radius 1 is 1.03 bits per heavy atom. The fraction of sp³-hybridized carbons (Fsp3) is 0.286. The number of nitrogens with one attached hydrogen (secondary N) is 1. The summed E-state index contributed by atoms with van der Waals surface area (Å²) in [7, 11) is 0. The molecule has 0 spiro atoms. The maximum Gasteiger partial charge on any atom is 0.255 e. The van der Waals surface area contributed by atoms with E-state index in [1.165, 1.54) is 55.7 Å². The van der Waals surface area contributed by atoms with Crippen molar-refractivity contribution in [1.29, 1.82) is 0 Å². The molecule has 1 N–H and O–H groups in total. The summed E-state index contributed by atoms with van der Waals surface area (Å²) in [6.45, 7) is 5.32. The summed E-state index contributed by atoms with van der Waals surface area (Å²) in [6.07, 6.45) is 7.23. The second kappa shape index (κ2) is 10.3. The summed E-state index contributed by atoms with van der Waals surface area (Å²) in [5, 5.41) is 4.18. The summed E-state index contributed by atoms with van der Waals surface area (Å²) in [4.78, 5) is 21.2. The first-order valence-corrected chi connectivity index (χ1v) is 13.0. The van der Waals surface area contributed by atoms with Crippen LogP contribution in [-0.2, 0) is 6.54 Å². The molecule has 5 rings (SSSR count). The predicted octanol–water partition coefficient (Wildman–Crippen LogP) is 7.55. The molecule has 3 heterocycles. The Kier molecular flexibility index (Phi) is 6.95. The van der Waals surface area contributed by atoms with E-state index in [0.29, 0.717) is 5.56 Å². The van der Waals surface area contributed by atoms with E-state index in [0.717, 1.165) is 43.5 Å². The monoisotopic (exact) mass is 489 g/mol. The lowest BCUT2D eigenvalue weighted by Gasteiger charge is -2.19. The van der Waals surface area contributed by atoms with E-state index in [1.807, 2.05) is 55.6 Å². The number of aryl methyl sites for hydroxylation is 1. The second-order valence-electron chi connectivity index (χ2n) is 9.03. The van der Waals surface area contributed by atoms with Gasteiger partial charge < -0.3 is 5.32 Å². The van der Waals surface area contributed by atoms with Gasteiger partial charge in [0.15, 0.2) is 0 Å². The number of hydrogen-bond acceptors (Lipinski definition) is 4. The lowest BCUT2D eigenvalue weighted by atomic mass is 10.1. The van der Waals surface area contributed by atoms with Crippen LogP contribution >= 0.6 is 22.9 Å². The minimum absolute atomic E-state index is 0.129. The number of hydrogen-bond donors (Lipinski definition) is 1. The van der Waals surface area contributed by atoms with Crippen molar-refractivity contribution in [2.24, 2.45) is 0 Å². The van der Waals surface area contributed by atoms with Crippen LogP contribution in [-0.4, -0.2) is 28.9 Å². The molecule has 1 aliphatic heterocycles. The van der Waals surface area contributed by atoms with Gasteiger partial charge in [-0.25, -0.2) is 0 Å². The molecular weight excluding hydrogens is 462 g/mol. The van der Waals surface area contributed by atoms with Crippen molar-refractivity contribution in [3.63, 3.8) is 0 Å². The Labute approximate surface area is 209 Å². The highest BCUT2D eigenvalue weighted by Gasteiger charge is 2.13. The molecule has 2 aromatic heterocycles. The number of thiophene rings is 1. The van der Waals surface area contributed by atoms with E-state index in [1.54, 1.807) is 0 Å². The van der Waals surface area contributed by atoms with Crippen molar-refractivity contribution < 1.29 is 4.79 Å². The molecule has 1 amide bonds. The number of likely N-dealkylation sites (tertiary alicyclic amines) is 1. The molecule has 0 atom stereocenters. The highest BCUT2D eigenvalue weighted by atomic mass is 35.5. The van der Waals surface area contributed by atoms with Gasteiger partial charge in [-0.3, -0.25) is 14.7 Å². The number of nitrogens with zero attached hydrogens (tertiary/aromatic N) is 2. The molecule has 0 aliphatic carbocycles. The third-order valence-electron chi connectivity index (χ3n) is 6.44. The van der Waals surface area contributed by atoms with Crippen molar-refractivity contribution >= 4 is 45.4 Å². The molecule has 0 bridgehead atoms. The Hall–Kier alpha value is -2.73. The average Bonchev–Trinajstić information content (AvgIpc) is 3.11. The lowest BCUT2D eigenvalue weighted by Crippen LogP contribution is -2.24. The molecule has 1 aliphatic rings. The largest absolute Gasteiger partial charge is 0.322 e. The fourth-order valence-corrected chi connectivity index (χ4v) is 5.61. The number of carbonyl (C=O) groups excluding carboxylic acids is 1. The topological polar surface area (TPSA) is 45.2 Å². The van der Waals surface area contributed by atoms with Gasteiger partial charge in [-0.15, -0.1) is 11.3 Å². The van der Waals surface area contributed by atoms with Crippen LogP contribution in [0, 0.1) is 6.92 Å². The maximum atomic E-state index is 12.9. The molecule has 34 heavy (non-hydrogen) atoms. The van der Waals surface area contributed by atoms with Crippen LogP contribution in [0.2, 0.25) is 4.34 Å². The molecule has 0 unspecified atom stereocenters. The zero-order valence-corrected chi connectivity index (χ0v) is 20.9. The van der Waals surface area contributed by atoms with Crippen LogP contribution in [0.3, 0.4) is 0 Å². The van der Waals surface area contributed by atoms with E-state index in [9.17, 15) is 4.79 Å².